The van der Waals surface area contributed by atoms with Gasteiger partial charge in [0.05, 0.1) is 5.54 Å². The highest BCUT2D eigenvalue weighted by molar-refractivity contribution is 5.85. The molecule has 1 saturated carbocycles. The highest BCUT2D eigenvalue weighted by Gasteiger charge is 2.35. The zero-order valence-electron chi connectivity index (χ0n) is 12.1. The first-order valence-electron chi connectivity index (χ1n) is 7.04. The van der Waals surface area contributed by atoms with E-state index in [1.165, 1.54) is 5.56 Å². The number of nitrogens with two attached hydrogens (primary N) is 1. The van der Waals surface area contributed by atoms with Crippen LogP contribution in [0.2, 0.25) is 0 Å². The van der Waals surface area contributed by atoms with Crippen molar-refractivity contribution >= 4 is 24.6 Å². The Morgan fingerprint density at radius 1 is 1.19 bits per heavy atom. The number of benzene rings is 1. The topological polar surface area (TPSA) is 64.9 Å². The zero-order valence-corrected chi connectivity index (χ0v) is 12.9. The Kier molecular flexibility index (Phi) is 4.80. The maximum absolute atomic E-state index is 6.32. The molecule has 112 valence electrons. The van der Waals surface area contributed by atoms with Gasteiger partial charge in [0.15, 0.2) is 5.82 Å². The molecule has 3 rings (SSSR count). The Morgan fingerprint density at radius 3 is 2.62 bits per heavy atom. The second-order valence-corrected chi connectivity index (χ2v) is 5.51. The summed E-state index contributed by atoms with van der Waals surface area (Å²) in [5.74, 6) is 1.15. The SMILES string of the molecule is Cc1ccccc1/C=C/c1nc(C2(N)CCCC2)no1.Cl. The molecule has 1 heterocycles. The summed E-state index contributed by atoms with van der Waals surface area (Å²) in [7, 11) is 0. The van der Waals surface area contributed by atoms with Gasteiger partial charge in [-0.25, -0.2) is 0 Å². The number of hydrogen-bond acceptors (Lipinski definition) is 4. The van der Waals surface area contributed by atoms with Crippen molar-refractivity contribution < 1.29 is 4.52 Å². The Labute approximate surface area is 130 Å². The molecule has 2 aromatic rings. The molecule has 1 aromatic carbocycles. The minimum atomic E-state index is -0.391. The number of rotatable bonds is 3. The lowest BCUT2D eigenvalue weighted by atomic mass is 9.99. The van der Waals surface area contributed by atoms with Crippen LogP contribution in [0.1, 0.15) is 48.5 Å². The standard InChI is InChI=1S/C16H19N3O.ClH/c1-12-6-2-3-7-13(12)8-9-14-18-15(19-20-14)16(17)10-4-5-11-16;/h2-3,6-9H,4-5,10-11,17H2,1H3;1H/b9-8+;. The molecule has 0 bridgehead atoms. The lowest BCUT2D eigenvalue weighted by Gasteiger charge is -2.17. The van der Waals surface area contributed by atoms with Crippen LogP contribution in [0, 0.1) is 6.92 Å². The molecule has 21 heavy (non-hydrogen) atoms. The Bertz CT molecular complexity index is 630. The molecule has 0 amide bonds. The molecule has 1 fully saturated rings. The van der Waals surface area contributed by atoms with Gasteiger partial charge in [-0.15, -0.1) is 12.4 Å². The summed E-state index contributed by atoms with van der Waals surface area (Å²) >= 11 is 0. The fourth-order valence-electron chi connectivity index (χ4n) is 2.67. The highest BCUT2D eigenvalue weighted by atomic mass is 35.5. The number of hydrogen-bond donors (Lipinski definition) is 1. The van der Waals surface area contributed by atoms with E-state index in [2.05, 4.69) is 29.2 Å². The van der Waals surface area contributed by atoms with Gasteiger partial charge in [-0.2, -0.15) is 4.98 Å². The Balaban J connectivity index is 0.00000161. The smallest absolute Gasteiger partial charge is 0.250 e. The van der Waals surface area contributed by atoms with Gasteiger partial charge in [0.1, 0.15) is 0 Å². The molecule has 0 spiro atoms. The van der Waals surface area contributed by atoms with E-state index in [-0.39, 0.29) is 12.4 Å². The summed E-state index contributed by atoms with van der Waals surface area (Å²) in [6.45, 7) is 2.08. The van der Waals surface area contributed by atoms with Crippen molar-refractivity contribution in [3.05, 3.63) is 47.1 Å². The molecule has 1 aromatic heterocycles. The van der Waals surface area contributed by atoms with Crippen LogP contribution < -0.4 is 5.73 Å². The maximum atomic E-state index is 6.32. The summed E-state index contributed by atoms with van der Waals surface area (Å²) in [4.78, 5) is 4.42. The molecule has 0 saturated heterocycles. The number of halogens is 1. The molecule has 1 aliphatic rings. The summed E-state index contributed by atoms with van der Waals surface area (Å²) in [6.07, 6.45) is 7.99. The molecule has 0 aliphatic heterocycles. The molecule has 0 unspecified atom stereocenters. The third kappa shape index (κ3) is 3.34. The van der Waals surface area contributed by atoms with Crippen LogP contribution in [0.25, 0.3) is 12.2 Å². The van der Waals surface area contributed by atoms with Gasteiger partial charge in [0.2, 0.25) is 0 Å². The minimum Gasteiger partial charge on any atom is -0.335 e. The van der Waals surface area contributed by atoms with Crippen molar-refractivity contribution in [1.29, 1.82) is 0 Å². The largest absolute Gasteiger partial charge is 0.335 e. The normalized spacial score (nSPS) is 17.0. The van der Waals surface area contributed by atoms with E-state index in [1.54, 1.807) is 0 Å². The molecular weight excluding hydrogens is 286 g/mol. The molecule has 4 nitrogen and oxygen atoms in total. The molecule has 2 N–H and O–H groups in total. The van der Waals surface area contributed by atoms with E-state index >= 15 is 0 Å². The molecule has 1 aliphatic carbocycles. The average molecular weight is 306 g/mol. The van der Waals surface area contributed by atoms with E-state index in [1.807, 2.05) is 24.3 Å². The maximum Gasteiger partial charge on any atom is 0.250 e. The van der Waals surface area contributed by atoms with Crippen molar-refractivity contribution in [2.45, 2.75) is 38.1 Å². The van der Waals surface area contributed by atoms with Crippen LogP contribution in [0.15, 0.2) is 28.8 Å². The fourth-order valence-corrected chi connectivity index (χ4v) is 2.67. The van der Waals surface area contributed by atoms with Crippen molar-refractivity contribution in [1.82, 2.24) is 10.1 Å². The van der Waals surface area contributed by atoms with E-state index in [0.717, 1.165) is 31.2 Å². The molecule has 0 radical (unpaired) electrons. The van der Waals surface area contributed by atoms with Crippen molar-refractivity contribution in [2.75, 3.05) is 0 Å². The lowest BCUT2D eigenvalue weighted by Crippen LogP contribution is -2.34. The average Bonchev–Trinajstić information content (AvgIpc) is 3.08. The van der Waals surface area contributed by atoms with Gasteiger partial charge in [-0.05, 0) is 37.0 Å². The van der Waals surface area contributed by atoms with Crippen LogP contribution in [-0.4, -0.2) is 10.1 Å². The minimum absolute atomic E-state index is 0. The first-order valence-corrected chi connectivity index (χ1v) is 7.04. The van der Waals surface area contributed by atoms with Crippen LogP contribution in [-0.2, 0) is 5.54 Å². The van der Waals surface area contributed by atoms with E-state index in [9.17, 15) is 0 Å². The third-order valence-corrected chi connectivity index (χ3v) is 3.98. The predicted molar refractivity (Wildman–Crippen MR) is 86.0 cm³/mol. The second kappa shape index (κ2) is 6.41. The first-order chi connectivity index (χ1) is 9.67. The zero-order chi connectivity index (χ0) is 14.0. The molecule has 0 atom stereocenters. The number of nitrogens with zero attached hydrogens (tertiary/aromatic N) is 2. The summed E-state index contributed by atoms with van der Waals surface area (Å²) in [6, 6.07) is 8.17. The van der Waals surface area contributed by atoms with Crippen molar-refractivity contribution in [3.8, 4) is 0 Å². The monoisotopic (exact) mass is 305 g/mol. The van der Waals surface area contributed by atoms with E-state index in [4.69, 9.17) is 10.3 Å². The fraction of sp³-hybridized carbons (Fsp3) is 0.375. The van der Waals surface area contributed by atoms with Gasteiger partial charge >= 0.3 is 0 Å². The first kappa shape index (κ1) is 15.7. The summed E-state index contributed by atoms with van der Waals surface area (Å²) in [5.41, 5.74) is 8.29. The van der Waals surface area contributed by atoms with Gasteiger partial charge in [-0.1, -0.05) is 42.3 Å². The van der Waals surface area contributed by atoms with Crippen molar-refractivity contribution in [3.63, 3.8) is 0 Å². The van der Waals surface area contributed by atoms with Gasteiger partial charge in [-0.3, -0.25) is 0 Å². The quantitative estimate of drug-likeness (QED) is 0.939. The van der Waals surface area contributed by atoms with E-state index in [0.29, 0.717) is 11.7 Å². The summed E-state index contributed by atoms with van der Waals surface area (Å²) in [5, 5.41) is 4.04. The molecular formula is C16H20ClN3O. The van der Waals surface area contributed by atoms with Crippen LogP contribution in [0.3, 0.4) is 0 Å². The van der Waals surface area contributed by atoms with Crippen LogP contribution >= 0.6 is 12.4 Å². The lowest BCUT2D eigenvalue weighted by molar-refractivity contribution is 0.364. The third-order valence-electron chi connectivity index (χ3n) is 3.98. The highest BCUT2D eigenvalue weighted by Crippen LogP contribution is 2.34. The second-order valence-electron chi connectivity index (χ2n) is 5.51. The van der Waals surface area contributed by atoms with Crippen LogP contribution in [0.5, 0.6) is 0 Å². The Morgan fingerprint density at radius 2 is 1.90 bits per heavy atom. The van der Waals surface area contributed by atoms with Gasteiger partial charge in [0.25, 0.3) is 5.89 Å². The summed E-state index contributed by atoms with van der Waals surface area (Å²) < 4.78 is 5.28. The van der Waals surface area contributed by atoms with E-state index < -0.39 is 5.54 Å². The number of aryl methyl sites for hydroxylation is 1. The molecule has 5 heteroatoms. The van der Waals surface area contributed by atoms with Gasteiger partial charge in [0, 0.05) is 6.08 Å². The predicted octanol–water partition coefficient (Wildman–Crippen LogP) is 3.70. The Hall–Kier alpha value is -1.65. The van der Waals surface area contributed by atoms with Crippen molar-refractivity contribution in [2.24, 2.45) is 5.73 Å². The number of aromatic nitrogens is 2. The van der Waals surface area contributed by atoms with Gasteiger partial charge < -0.3 is 10.3 Å². The van der Waals surface area contributed by atoms with Crippen LogP contribution in [0.4, 0.5) is 0 Å².